The number of carboxylic acids is 1. The molecular weight excluding hydrogens is 458 g/mol. The van der Waals surface area contributed by atoms with Crippen molar-refractivity contribution in [2.75, 3.05) is 72.5 Å². The van der Waals surface area contributed by atoms with Crippen LogP contribution < -0.4 is 0 Å². The second kappa shape index (κ2) is 13.4. The number of amides is 1. The zero-order valence-corrected chi connectivity index (χ0v) is 21.8. The Morgan fingerprint density at radius 3 is 2.31 bits per heavy atom. The molecule has 1 aromatic carbocycles. The molecule has 0 aliphatic carbocycles. The van der Waals surface area contributed by atoms with E-state index in [1.807, 2.05) is 0 Å². The molecule has 0 radical (unpaired) electrons. The average Bonchev–Trinajstić information content (AvgIpc) is 3.21. The van der Waals surface area contributed by atoms with Gasteiger partial charge < -0.3 is 24.5 Å². The number of benzene rings is 1. The van der Waals surface area contributed by atoms with E-state index < -0.39 is 5.97 Å². The lowest BCUT2D eigenvalue weighted by molar-refractivity contribution is -0.137. The molecule has 1 aromatic rings. The monoisotopic (exact) mass is 501 g/mol. The number of cyclic esters (lactones) is 1. The van der Waals surface area contributed by atoms with Gasteiger partial charge in [-0.3, -0.25) is 14.6 Å². The molecule has 0 spiro atoms. The van der Waals surface area contributed by atoms with Crippen LogP contribution >= 0.6 is 0 Å². The SMILES string of the molecule is CN1CC(N2CCN(CCCC(=O)O)CC2CCCCN2CCN(Cc3ccccc3)CC2)OC1=O. The van der Waals surface area contributed by atoms with Gasteiger partial charge in [0.1, 0.15) is 0 Å². The van der Waals surface area contributed by atoms with E-state index in [4.69, 9.17) is 9.84 Å². The van der Waals surface area contributed by atoms with Gasteiger partial charge in [0, 0.05) is 71.9 Å². The molecule has 0 saturated carbocycles. The Kier molecular flexibility index (Phi) is 9.98. The number of rotatable bonds is 12. The molecule has 1 N–H and O–H groups in total. The standard InChI is InChI=1S/C27H43N5O4/c1-28-22-25(36-27(28)35)32-19-18-30(13-7-11-26(33)34)21-24(32)10-5-6-12-29-14-16-31(17-15-29)20-23-8-3-2-4-9-23/h2-4,8-9,24-25H,5-7,10-22H2,1H3,(H,33,34). The number of ether oxygens (including phenoxy) is 1. The van der Waals surface area contributed by atoms with E-state index in [9.17, 15) is 9.59 Å². The summed E-state index contributed by atoms with van der Waals surface area (Å²) in [5, 5.41) is 8.98. The third kappa shape index (κ3) is 7.90. The van der Waals surface area contributed by atoms with Crippen molar-refractivity contribution >= 4 is 12.1 Å². The highest BCUT2D eigenvalue weighted by Gasteiger charge is 2.38. The largest absolute Gasteiger partial charge is 0.481 e. The number of piperazine rings is 2. The number of carboxylic acid groups (broad SMARTS) is 1. The molecule has 3 aliphatic rings. The molecule has 9 heteroatoms. The highest BCUT2D eigenvalue weighted by atomic mass is 16.6. The van der Waals surface area contributed by atoms with Gasteiger partial charge in [-0.15, -0.1) is 0 Å². The minimum atomic E-state index is -0.730. The van der Waals surface area contributed by atoms with Crippen molar-refractivity contribution in [2.45, 2.75) is 50.9 Å². The summed E-state index contributed by atoms with van der Waals surface area (Å²) in [6, 6.07) is 11.0. The van der Waals surface area contributed by atoms with E-state index in [1.165, 1.54) is 12.0 Å². The Labute approximate surface area is 215 Å². The van der Waals surface area contributed by atoms with Crippen LogP contribution in [-0.4, -0.2) is 126 Å². The molecule has 36 heavy (non-hydrogen) atoms. The van der Waals surface area contributed by atoms with E-state index in [0.29, 0.717) is 19.0 Å². The summed E-state index contributed by atoms with van der Waals surface area (Å²) >= 11 is 0. The summed E-state index contributed by atoms with van der Waals surface area (Å²) in [6.07, 6.45) is 3.87. The Balaban J connectivity index is 1.19. The highest BCUT2D eigenvalue weighted by molar-refractivity contribution is 5.69. The third-order valence-corrected chi connectivity index (χ3v) is 7.80. The highest BCUT2D eigenvalue weighted by Crippen LogP contribution is 2.23. The summed E-state index contributed by atoms with van der Waals surface area (Å²) in [4.78, 5) is 34.4. The number of hydrogen-bond donors (Lipinski definition) is 1. The molecule has 0 aromatic heterocycles. The maximum Gasteiger partial charge on any atom is 0.411 e. The lowest BCUT2D eigenvalue weighted by atomic mass is 10.0. The van der Waals surface area contributed by atoms with Crippen LogP contribution in [0.4, 0.5) is 4.79 Å². The van der Waals surface area contributed by atoms with Crippen LogP contribution in [0.5, 0.6) is 0 Å². The molecule has 3 saturated heterocycles. The predicted octanol–water partition coefficient (Wildman–Crippen LogP) is 2.23. The number of carbonyl (C=O) groups excluding carboxylic acids is 1. The Morgan fingerprint density at radius 1 is 0.917 bits per heavy atom. The fourth-order valence-corrected chi connectivity index (χ4v) is 5.68. The van der Waals surface area contributed by atoms with Gasteiger partial charge >= 0.3 is 12.1 Å². The number of nitrogens with zero attached hydrogens (tertiary/aromatic N) is 5. The molecule has 3 aliphatic heterocycles. The zero-order chi connectivity index (χ0) is 25.3. The molecule has 9 nitrogen and oxygen atoms in total. The minimum absolute atomic E-state index is 0.175. The van der Waals surface area contributed by atoms with Crippen molar-refractivity contribution in [1.82, 2.24) is 24.5 Å². The van der Waals surface area contributed by atoms with E-state index in [2.05, 4.69) is 49.9 Å². The first-order valence-electron chi connectivity index (χ1n) is 13.6. The molecule has 2 atom stereocenters. The van der Waals surface area contributed by atoms with Gasteiger partial charge in [-0.25, -0.2) is 4.79 Å². The third-order valence-electron chi connectivity index (χ3n) is 7.80. The molecule has 1 amide bonds. The fourth-order valence-electron chi connectivity index (χ4n) is 5.68. The summed E-state index contributed by atoms with van der Waals surface area (Å²) < 4.78 is 5.65. The van der Waals surface area contributed by atoms with Crippen molar-refractivity contribution in [3.8, 4) is 0 Å². The molecule has 200 valence electrons. The van der Waals surface area contributed by atoms with Crippen LogP contribution in [0.3, 0.4) is 0 Å². The van der Waals surface area contributed by atoms with E-state index >= 15 is 0 Å². The molecule has 4 rings (SSSR count). The zero-order valence-electron chi connectivity index (χ0n) is 21.8. The number of likely N-dealkylation sites (N-methyl/N-ethyl adjacent to an activating group) is 1. The molecule has 0 bridgehead atoms. The summed E-state index contributed by atoms with van der Waals surface area (Å²) in [5.74, 6) is -0.730. The first-order valence-corrected chi connectivity index (χ1v) is 13.6. The second-order valence-electron chi connectivity index (χ2n) is 10.5. The molecule has 2 unspecified atom stereocenters. The quantitative estimate of drug-likeness (QED) is 0.437. The van der Waals surface area contributed by atoms with Gasteiger partial charge in [0.2, 0.25) is 0 Å². The van der Waals surface area contributed by atoms with Crippen LogP contribution in [0.1, 0.15) is 37.7 Å². The van der Waals surface area contributed by atoms with Crippen LogP contribution in [0.25, 0.3) is 0 Å². The van der Waals surface area contributed by atoms with E-state index in [-0.39, 0.29) is 18.7 Å². The van der Waals surface area contributed by atoms with Crippen molar-refractivity contribution in [3.63, 3.8) is 0 Å². The smallest absolute Gasteiger partial charge is 0.411 e. The summed E-state index contributed by atoms with van der Waals surface area (Å²) in [5.41, 5.74) is 1.39. The van der Waals surface area contributed by atoms with Crippen LogP contribution in [-0.2, 0) is 16.1 Å². The molecule has 3 fully saturated rings. The number of hydrogen-bond acceptors (Lipinski definition) is 7. The van der Waals surface area contributed by atoms with Gasteiger partial charge in [-0.1, -0.05) is 36.8 Å². The minimum Gasteiger partial charge on any atom is -0.481 e. The number of unbranched alkanes of at least 4 members (excludes halogenated alkanes) is 1. The van der Waals surface area contributed by atoms with Gasteiger partial charge in [-0.05, 0) is 37.9 Å². The summed E-state index contributed by atoms with van der Waals surface area (Å²) in [6.45, 7) is 10.8. The van der Waals surface area contributed by atoms with Crippen LogP contribution in [0, 0.1) is 0 Å². The number of carbonyl (C=O) groups is 2. The first-order chi connectivity index (χ1) is 17.5. The van der Waals surface area contributed by atoms with Crippen LogP contribution in [0.2, 0.25) is 0 Å². The Hall–Kier alpha value is -2.20. The lowest BCUT2D eigenvalue weighted by Crippen LogP contribution is -2.57. The van der Waals surface area contributed by atoms with Crippen LogP contribution in [0.15, 0.2) is 30.3 Å². The topological polar surface area (TPSA) is 79.8 Å². The van der Waals surface area contributed by atoms with Gasteiger partial charge in [0.25, 0.3) is 0 Å². The maximum atomic E-state index is 12.0. The predicted molar refractivity (Wildman–Crippen MR) is 139 cm³/mol. The fraction of sp³-hybridized carbons (Fsp3) is 0.704. The van der Waals surface area contributed by atoms with Gasteiger partial charge in [0.05, 0.1) is 6.54 Å². The average molecular weight is 502 g/mol. The van der Waals surface area contributed by atoms with Crippen molar-refractivity contribution in [2.24, 2.45) is 0 Å². The van der Waals surface area contributed by atoms with Crippen molar-refractivity contribution < 1.29 is 19.4 Å². The van der Waals surface area contributed by atoms with E-state index in [1.54, 1.807) is 11.9 Å². The molecular formula is C27H43N5O4. The number of aliphatic carboxylic acids is 1. The van der Waals surface area contributed by atoms with Crippen molar-refractivity contribution in [3.05, 3.63) is 35.9 Å². The molecule has 3 heterocycles. The second-order valence-corrected chi connectivity index (χ2v) is 10.5. The maximum absolute atomic E-state index is 12.0. The van der Waals surface area contributed by atoms with Crippen molar-refractivity contribution in [1.29, 1.82) is 0 Å². The lowest BCUT2D eigenvalue weighted by Gasteiger charge is -2.43. The normalized spacial score (nSPS) is 24.8. The Bertz CT molecular complexity index is 833. The van der Waals surface area contributed by atoms with E-state index in [0.717, 1.165) is 78.3 Å². The van der Waals surface area contributed by atoms with Gasteiger partial charge in [-0.2, -0.15) is 0 Å². The summed E-state index contributed by atoms with van der Waals surface area (Å²) in [7, 11) is 1.79. The first kappa shape index (κ1) is 26.9. The Morgan fingerprint density at radius 2 is 1.61 bits per heavy atom. The van der Waals surface area contributed by atoms with Gasteiger partial charge in [0.15, 0.2) is 6.23 Å².